The number of carbonyl (C=O) groups is 1. The third-order valence-electron chi connectivity index (χ3n) is 5.63. The van der Waals surface area contributed by atoms with Gasteiger partial charge < -0.3 is 19.9 Å². The first kappa shape index (κ1) is 23.3. The lowest BCUT2D eigenvalue weighted by Crippen LogP contribution is -2.38. The van der Waals surface area contributed by atoms with Crippen LogP contribution in [0.15, 0.2) is 28.8 Å². The van der Waals surface area contributed by atoms with Gasteiger partial charge in [-0.1, -0.05) is 31.1 Å². The van der Waals surface area contributed by atoms with Crippen molar-refractivity contribution in [3.05, 3.63) is 41.1 Å². The van der Waals surface area contributed by atoms with Gasteiger partial charge in [-0.2, -0.15) is 13.2 Å². The number of halogens is 3. The minimum absolute atomic E-state index is 0.0741. The molecular formula is C22H28F3N3O3. The summed E-state index contributed by atoms with van der Waals surface area (Å²) in [6.45, 7) is 7.52. The highest BCUT2D eigenvalue weighted by atomic mass is 19.4. The maximum absolute atomic E-state index is 12.9. The summed E-state index contributed by atoms with van der Waals surface area (Å²) in [6.07, 6.45) is -2.75. The molecular weight excluding hydrogens is 411 g/mol. The Hall–Kier alpha value is -2.39. The Labute approximate surface area is 179 Å². The second-order valence-corrected chi connectivity index (χ2v) is 8.19. The predicted octanol–water partition coefficient (Wildman–Crippen LogP) is 4.40. The molecule has 1 unspecified atom stereocenters. The molecule has 1 aromatic heterocycles. The third-order valence-corrected chi connectivity index (χ3v) is 5.63. The molecule has 0 bridgehead atoms. The maximum Gasteiger partial charge on any atom is 0.416 e. The van der Waals surface area contributed by atoms with Gasteiger partial charge in [0.05, 0.1) is 5.56 Å². The molecule has 3 rings (SSSR count). The molecule has 2 aromatic rings. The molecule has 0 radical (unpaired) electrons. The van der Waals surface area contributed by atoms with Crippen molar-refractivity contribution in [3.8, 4) is 11.3 Å². The summed E-state index contributed by atoms with van der Waals surface area (Å²) in [4.78, 5) is 12.8. The topological polar surface area (TPSA) is 76.4 Å². The lowest BCUT2D eigenvalue weighted by atomic mass is 10.0. The predicted molar refractivity (Wildman–Crippen MR) is 109 cm³/mol. The van der Waals surface area contributed by atoms with Gasteiger partial charge in [-0.3, -0.25) is 4.79 Å². The minimum Gasteiger partial charge on any atom is -0.381 e. The van der Waals surface area contributed by atoms with Crippen LogP contribution in [0.1, 0.15) is 55.2 Å². The molecule has 9 heteroatoms. The molecule has 1 atom stereocenters. The lowest BCUT2D eigenvalue weighted by Gasteiger charge is -2.23. The number of benzene rings is 1. The van der Waals surface area contributed by atoms with Crippen LogP contribution in [-0.4, -0.2) is 36.4 Å². The Bertz CT molecular complexity index is 872. The van der Waals surface area contributed by atoms with Gasteiger partial charge in [-0.15, -0.1) is 0 Å². The van der Waals surface area contributed by atoms with Crippen molar-refractivity contribution in [2.24, 2.45) is 5.92 Å². The van der Waals surface area contributed by atoms with Gasteiger partial charge in [0, 0.05) is 43.0 Å². The number of alkyl halides is 3. The number of hydrogen-bond donors (Lipinski definition) is 2. The van der Waals surface area contributed by atoms with Crippen molar-refractivity contribution in [2.45, 2.75) is 58.4 Å². The highest BCUT2D eigenvalue weighted by Gasteiger charge is 2.31. The van der Waals surface area contributed by atoms with E-state index in [0.29, 0.717) is 30.9 Å². The average molecular weight is 439 g/mol. The second-order valence-electron chi connectivity index (χ2n) is 8.19. The fraction of sp³-hybridized carbons (Fsp3) is 0.545. The standard InChI is InChI=1S/C22H28F3N3O3/c1-13(2)14(3)27-21(29)19-18(12-26-17-8-10-30-11-9-17)20(31-28-19)15-4-6-16(7-5-15)22(23,24)25/h4-7,13-14,17,26H,8-12H2,1-3H3,(H,27,29). The van der Waals surface area contributed by atoms with E-state index in [0.717, 1.165) is 25.0 Å². The van der Waals surface area contributed by atoms with Crippen LogP contribution < -0.4 is 10.6 Å². The number of amides is 1. The minimum atomic E-state index is -4.43. The van der Waals surface area contributed by atoms with Crippen molar-refractivity contribution < 1.29 is 27.2 Å². The Morgan fingerprint density at radius 1 is 1.16 bits per heavy atom. The monoisotopic (exact) mass is 439 g/mol. The van der Waals surface area contributed by atoms with Crippen LogP contribution in [0.5, 0.6) is 0 Å². The SMILES string of the molecule is CC(C)C(C)NC(=O)c1noc(-c2ccc(C(F)(F)F)cc2)c1CNC1CCOCC1. The van der Waals surface area contributed by atoms with Crippen LogP contribution in [-0.2, 0) is 17.5 Å². The second kappa shape index (κ2) is 9.82. The van der Waals surface area contributed by atoms with Crippen LogP contribution in [0.25, 0.3) is 11.3 Å². The molecule has 1 aromatic carbocycles. The number of aromatic nitrogens is 1. The molecule has 170 valence electrons. The molecule has 0 saturated carbocycles. The Morgan fingerprint density at radius 3 is 2.39 bits per heavy atom. The van der Waals surface area contributed by atoms with Crippen LogP contribution in [0.2, 0.25) is 0 Å². The van der Waals surface area contributed by atoms with E-state index in [-0.39, 0.29) is 35.4 Å². The molecule has 1 fully saturated rings. The number of carbonyl (C=O) groups excluding carboxylic acids is 1. The van der Waals surface area contributed by atoms with E-state index in [1.165, 1.54) is 12.1 Å². The van der Waals surface area contributed by atoms with Crippen molar-refractivity contribution in [3.63, 3.8) is 0 Å². The van der Waals surface area contributed by atoms with Gasteiger partial charge in [0.15, 0.2) is 11.5 Å². The van der Waals surface area contributed by atoms with Gasteiger partial charge in [0.2, 0.25) is 0 Å². The first-order valence-electron chi connectivity index (χ1n) is 10.4. The summed E-state index contributed by atoms with van der Waals surface area (Å²) < 4.78 is 49.6. The molecule has 1 aliphatic rings. The highest BCUT2D eigenvalue weighted by Crippen LogP contribution is 2.32. The Kier molecular flexibility index (Phi) is 7.38. The summed E-state index contributed by atoms with van der Waals surface area (Å²) in [7, 11) is 0. The van der Waals surface area contributed by atoms with Crippen molar-refractivity contribution in [1.82, 2.24) is 15.8 Å². The normalized spacial score (nSPS) is 16.5. The average Bonchev–Trinajstić information content (AvgIpc) is 3.16. The summed E-state index contributed by atoms with van der Waals surface area (Å²) >= 11 is 0. The summed E-state index contributed by atoms with van der Waals surface area (Å²) in [5, 5.41) is 10.3. The van der Waals surface area contributed by atoms with Gasteiger partial charge in [0.1, 0.15) is 0 Å². The number of rotatable bonds is 7. The molecule has 1 saturated heterocycles. The quantitative estimate of drug-likeness (QED) is 0.669. The summed E-state index contributed by atoms with van der Waals surface area (Å²) in [6, 6.07) is 4.80. The highest BCUT2D eigenvalue weighted by molar-refractivity contribution is 5.95. The third kappa shape index (κ3) is 5.86. The Morgan fingerprint density at radius 2 is 1.81 bits per heavy atom. The van der Waals surface area contributed by atoms with E-state index >= 15 is 0 Å². The van der Waals surface area contributed by atoms with Crippen LogP contribution >= 0.6 is 0 Å². The smallest absolute Gasteiger partial charge is 0.381 e. The lowest BCUT2D eigenvalue weighted by molar-refractivity contribution is -0.137. The van der Waals surface area contributed by atoms with E-state index in [4.69, 9.17) is 9.26 Å². The van der Waals surface area contributed by atoms with Gasteiger partial charge in [-0.05, 0) is 37.8 Å². The molecule has 1 amide bonds. The molecule has 1 aliphatic heterocycles. The molecule has 2 N–H and O–H groups in total. The molecule has 31 heavy (non-hydrogen) atoms. The summed E-state index contributed by atoms with van der Waals surface area (Å²) in [5.41, 5.74) is 0.350. The van der Waals surface area contributed by atoms with E-state index in [1.807, 2.05) is 20.8 Å². The van der Waals surface area contributed by atoms with Gasteiger partial charge in [0.25, 0.3) is 5.91 Å². The first-order chi connectivity index (χ1) is 14.7. The zero-order chi connectivity index (χ0) is 22.6. The number of nitrogens with one attached hydrogen (secondary N) is 2. The molecule has 0 aliphatic carbocycles. The summed E-state index contributed by atoms with van der Waals surface area (Å²) in [5.74, 6) is 0.150. The van der Waals surface area contributed by atoms with E-state index in [1.54, 1.807) is 0 Å². The number of nitrogens with zero attached hydrogens (tertiary/aromatic N) is 1. The molecule has 0 spiro atoms. The van der Waals surface area contributed by atoms with Crippen molar-refractivity contribution in [1.29, 1.82) is 0 Å². The van der Waals surface area contributed by atoms with E-state index in [2.05, 4.69) is 15.8 Å². The maximum atomic E-state index is 12.9. The van der Waals surface area contributed by atoms with Crippen LogP contribution in [0.4, 0.5) is 13.2 Å². The van der Waals surface area contributed by atoms with Crippen LogP contribution in [0, 0.1) is 5.92 Å². The van der Waals surface area contributed by atoms with E-state index < -0.39 is 11.7 Å². The zero-order valence-corrected chi connectivity index (χ0v) is 17.9. The fourth-order valence-corrected chi connectivity index (χ4v) is 3.28. The van der Waals surface area contributed by atoms with Crippen molar-refractivity contribution >= 4 is 5.91 Å². The largest absolute Gasteiger partial charge is 0.416 e. The number of hydrogen-bond acceptors (Lipinski definition) is 5. The molecule has 2 heterocycles. The molecule has 6 nitrogen and oxygen atoms in total. The van der Waals surface area contributed by atoms with Gasteiger partial charge >= 0.3 is 6.18 Å². The van der Waals surface area contributed by atoms with Crippen molar-refractivity contribution in [2.75, 3.05) is 13.2 Å². The first-order valence-corrected chi connectivity index (χ1v) is 10.4. The van der Waals surface area contributed by atoms with E-state index in [9.17, 15) is 18.0 Å². The zero-order valence-electron chi connectivity index (χ0n) is 17.9. The van der Waals surface area contributed by atoms with Crippen LogP contribution in [0.3, 0.4) is 0 Å². The number of ether oxygens (including phenoxy) is 1. The van der Waals surface area contributed by atoms with Gasteiger partial charge in [-0.25, -0.2) is 0 Å². The Balaban J connectivity index is 1.88. The fourth-order valence-electron chi connectivity index (χ4n) is 3.28.